The largest absolute Gasteiger partial charge is 0.450 e. The molecule has 0 saturated carbocycles. The summed E-state index contributed by atoms with van der Waals surface area (Å²) in [6.45, 7) is 1.44. The summed E-state index contributed by atoms with van der Waals surface area (Å²) in [7, 11) is 0.0596. The van der Waals surface area contributed by atoms with E-state index in [9.17, 15) is 18.9 Å². The van der Waals surface area contributed by atoms with Crippen LogP contribution in [0.1, 0.15) is 23.5 Å². The van der Waals surface area contributed by atoms with Crippen LogP contribution in [0.3, 0.4) is 0 Å². The maximum absolute atomic E-state index is 12.7. The van der Waals surface area contributed by atoms with Crippen LogP contribution in [0, 0.1) is 0 Å². The van der Waals surface area contributed by atoms with E-state index in [0.717, 1.165) is 10.6 Å². The lowest BCUT2D eigenvalue weighted by atomic mass is 10.2. The molecule has 0 radical (unpaired) electrons. The molecule has 12 nitrogen and oxygen atoms in total. The molecule has 1 fully saturated rings. The molecule has 3 rings (SSSR count). The number of esters is 1. The molecule has 1 unspecified atom stereocenters. The van der Waals surface area contributed by atoms with Crippen molar-refractivity contribution in [3.63, 3.8) is 0 Å². The molecule has 5 atom stereocenters. The molecule has 1 aromatic heterocycles. The first-order valence-electron chi connectivity index (χ1n) is 9.86. The van der Waals surface area contributed by atoms with E-state index in [1.165, 1.54) is 34.4 Å². The number of aromatic amines is 1. The molecular weight excluding hydrogens is 459 g/mol. The van der Waals surface area contributed by atoms with Gasteiger partial charge < -0.3 is 28.0 Å². The first-order chi connectivity index (χ1) is 15.7. The van der Waals surface area contributed by atoms with Crippen LogP contribution in [-0.2, 0) is 32.6 Å². The molecule has 1 saturated heterocycles. The molecule has 2 aromatic rings. The highest BCUT2D eigenvalue weighted by Crippen LogP contribution is 2.53. The third-order valence-corrected chi connectivity index (χ3v) is 7.11. The Morgan fingerprint density at radius 1 is 1.09 bits per heavy atom. The number of rotatable bonds is 9. The third kappa shape index (κ3) is 5.32. The van der Waals surface area contributed by atoms with Gasteiger partial charge in [-0.15, -0.1) is 0 Å². The number of H-pyrrole nitrogens is 1. The first-order valence-corrected chi connectivity index (χ1v) is 11.5. The van der Waals surface area contributed by atoms with Crippen molar-refractivity contribution in [1.82, 2.24) is 9.55 Å². The molecular formula is C20H25N2O10P. The SMILES string of the molecule is CO[C@@H]1[C@H](OC(=O)c2ccccc2)[C@@H](OC(C)P(=O)(OC)OC)O[C@H]1n1ccc(=O)[nH]c1=O. The van der Waals surface area contributed by atoms with Crippen LogP contribution >= 0.6 is 7.60 Å². The predicted octanol–water partition coefficient (Wildman–Crippen LogP) is 1.48. The smallest absolute Gasteiger partial charge is 0.358 e. The van der Waals surface area contributed by atoms with Crippen molar-refractivity contribution >= 4 is 13.6 Å². The number of carbonyl (C=O) groups excluding carboxylic acids is 1. The van der Waals surface area contributed by atoms with Gasteiger partial charge >= 0.3 is 19.3 Å². The molecule has 180 valence electrons. The summed E-state index contributed by atoms with van der Waals surface area (Å²) in [6, 6.07) is 9.33. The Bertz CT molecular complexity index is 1110. The number of carbonyl (C=O) groups is 1. The summed E-state index contributed by atoms with van der Waals surface area (Å²) in [4.78, 5) is 38.7. The number of hydrogen-bond donors (Lipinski definition) is 1. The Morgan fingerprint density at radius 2 is 1.76 bits per heavy atom. The van der Waals surface area contributed by atoms with Crippen LogP contribution in [0.15, 0.2) is 52.2 Å². The lowest BCUT2D eigenvalue weighted by molar-refractivity contribution is -0.186. The second-order valence-electron chi connectivity index (χ2n) is 6.99. The van der Waals surface area contributed by atoms with Gasteiger partial charge in [0.2, 0.25) is 6.29 Å². The minimum atomic E-state index is -3.68. The maximum atomic E-state index is 12.7. The number of aromatic nitrogens is 2. The van der Waals surface area contributed by atoms with Crippen LogP contribution < -0.4 is 11.2 Å². The molecule has 2 heterocycles. The van der Waals surface area contributed by atoms with Gasteiger partial charge in [0.1, 0.15) is 6.10 Å². The quantitative estimate of drug-likeness (QED) is 0.410. The highest BCUT2D eigenvalue weighted by molar-refractivity contribution is 7.54. The normalized spacial score (nSPS) is 23.9. The van der Waals surface area contributed by atoms with E-state index in [-0.39, 0.29) is 5.56 Å². The van der Waals surface area contributed by atoms with Gasteiger partial charge in [0.05, 0.1) is 5.56 Å². The summed E-state index contributed by atoms with van der Waals surface area (Å²) >= 11 is 0. The Labute approximate surface area is 188 Å². The molecule has 1 aliphatic rings. The monoisotopic (exact) mass is 484 g/mol. The number of methoxy groups -OCH3 is 1. The fourth-order valence-electron chi connectivity index (χ4n) is 3.35. The van der Waals surface area contributed by atoms with E-state index < -0.39 is 55.4 Å². The average molecular weight is 484 g/mol. The second-order valence-corrected chi connectivity index (χ2v) is 9.53. The number of ether oxygens (including phenoxy) is 4. The Balaban J connectivity index is 1.96. The zero-order valence-corrected chi connectivity index (χ0v) is 19.3. The summed E-state index contributed by atoms with van der Waals surface area (Å²) < 4.78 is 46.5. The van der Waals surface area contributed by atoms with Gasteiger partial charge in [-0.25, -0.2) is 9.59 Å². The zero-order chi connectivity index (χ0) is 24.2. The molecule has 0 bridgehead atoms. The van der Waals surface area contributed by atoms with Crippen LogP contribution in [0.5, 0.6) is 0 Å². The van der Waals surface area contributed by atoms with E-state index in [2.05, 4.69) is 4.98 Å². The van der Waals surface area contributed by atoms with Gasteiger partial charge in [-0.05, 0) is 19.1 Å². The average Bonchev–Trinajstić information content (AvgIpc) is 3.15. The van der Waals surface area contributed by atoms with E-state index in [4.69, 9.17) is 28.0 Å². The first kappa shape index (κ1) is 25.0. The Hall–Kier alpha value is -2.60. The summed E-state index contributed by atoms with van der Waals surface area (Å²) in [5.41, 5.74) is -1.10. The van der Waals surface area contributed by atoms with Gasteiger partial charge in [-0.1, -0.05) is 18.2 Å². The predicted molar refractivity (Wildman–Crippen MR) is 114 cm³/mol. The van der Waals surface area contributed by atoms with Crippen LogP contribution in [-0.4, -0.2) is 61.2 Å². The standard InChI is InChI=1S/C20H25N2O10P/c1-12(33(26,28-3)29-4)30-19-16(31-18(24)13-8-6-5-7-9-13)15(27-2)17(32-19)22-11-10-14(23)21-20(22)25/h5-12,15-17,19H,1-4H3,(H,21,23,25)/t12?,15-,16+,17-,19+/m1/s1. The zero-order valence-electron chi connectivity index (χ0n) is 18.4. The number of nitrogens with zero attached hydrogens (tertiary/aromatic N) is 1. The highest BCUT2D eigenvalue weighted by Gasteiger charge is 2.51. The van der Waals surface area contributed by atoms with E-state index in [1.54, 1.807) is 30.3 Å². The molecule has 1 N–H and O–H groups in total. The van der Waals surface area contributed by atoms with Gasteiger partial charge in [-0.3, -0.25) is 18.9 Å². The van der Waals surface area contributed by atoms with Crippen LogP contribution in [0.25, 0.3) is 0 Å². The summed E-state index contributed by atoms with van der Waals surface area (Å²) in [5, 5.41) is 0. The maximum Gasteiger partial charge on any atom is 0.358 e. The van der Waals surface area contributed by atoms with Gasteiger partial charge in [0, 0.05) is 33.6 Å². The summed E-state index contributed by atoms with van der Waals surface area (Å²) in [6.07, 6.45) is -3.46. The molecule has 0 aliphatic carbocycles. The van der Waals surface area contributed by atoms with Crippen molar-refractivity contribution in [3.05, 3.63) is 69.0 Å². The minimum absolute atomic E-state index is 0.267. The number of hydrogen-bond acceptors (Lipinski definition) is 10. The van der Waals surface area contributed by atoms with Gasteiger partial charge in [0.15, 0.2) is 18.2 Å². The van der Waals surface area contributed by atoms with Gasteiger partial charge in [-0.2, -0.15) is 0 Å². The minimum Gasteiger partial charge on any atom is -0.450 e. The van der Waals surface area contributed by atoms with Crippen LogP contribution in [0.4, 0.5) is 0 Å². The fourth-order valence-corrected chi connectivity index (χ4v) is 4.36. The van der Waals surface area contributed by atoms with Crippen molar-refractivity contribution in [1.29, 1.82) is 0 Å². The van der Waals surface area contributed by atoms with Crippen molar-refractivity contribution in [2.75, 3.05) is 21.3 Å². The summed E-state index contributed by atoms with van der Waals surface area (Å²) in [5.74, 6) is -1.82. The van der Waals surface area contributed by atoms with Crippen LogP contribution in [0.2, 0.25) is 0 Å². The molecule has 33 heavy (non-hydrogen) atoms. The molecule has 1 aliphatic heterocycles. The molecule has 1 aromatic carbocycles. The lowest BCUT2D eigenvalue weighted by Crippen LogP contribution is -2.41. The third-order valence-electron chi connectivity index (χ3n) is 5.08. The highest BCUT2D eigenvalue weighted by atomic mass is 31.2. The fraction of sp³-hybridized carbons (Fsp3) is 0.450. The molecule has 0 spiro atoms. The Morgan fingerprint density at radius 3 is 2.33 bits per heavy atom. The number of benzene rings is 1. The second kappa shape index (κ2) is 10.6. The Kier molecular flexibility index (Phi) is 8.01. The van der Waals surface area contributed by atoms with Crippen molar-refractivity contribution in [3.8, 4) is 0 Å². The van der Waals surface area contributed by atoms with Crippen molar-refractivity contribution < 1.29 is 37.4 Å². The lowest BCUT2D eigenvalue weighted by Gasteiger charge is -2.27. The van der Waals surface area contributed by atoms with E-state index in [0.29, 0.717) is 0 Å². The van der Waals surface area contributed by atoms with Gasteiger partial charge in [0.25, 0.3) is 5.56 Å². The van der Waals surface area contributed by atoms with E-state index in [1.807, 2.05) is 0 Å². The molecule has 13 heteroatoms. The topological polar surface area (TPSA) is 144 Å². The van der Waals surface area contributed by atoms with Crippen molar-refractivity contribution in [2.45, 2.75) is 37.5 Å². The molecule has 0 amide bonds. The van der Waals surface area contributed by atoms with Crippen molar-refractivity contribution in [2.24, 2.45) is 0 Å². The number of nitrogens with one attached hydrogen (secondary N) is 1. The van der Waals surface area contributed by atoms with E-state index >= 15 is 0 Å².